The minimum absolute atomic E-state index is 0.0388. The van der Waals surface area contributed by atoms with Crippen molar-refractivity contribution in [3.63, 3.8) is 0 Å². The second-order valence-electron chi connectivity index (χ2n) is 24.1. The van der Waals surface area contributed by atoms with Gasteiger partial charge >= 0.3 is 0 Å². The largest absolute Gasteiger partial charge is 0.493 e. The molecule has 10 rings (SSSR count). The quantitative estimate of drug-likeness (QED) is 0.0522. The van der Waals surface area contributed by atoms with E-state index >= 15 is 0 Å². The molecule has 0 saturated carbocycles. The van der Waals surface area contributed by atoms with Crippen molar-refractivity contribution in [2.45, 2.75) is 117 Å². The number of ether oxygens (including phenoxy) is 4. The summed E-state index contributed by atoms with van der Waals surface area (Å²) in [5, 5.41) is 5.66. The number of anilines is 2. The molecule has 2 N–H and O–H groups in total. The Bertz CT molecular complexity index is 3380. The maximum atomic E-state index is 13.9. The van der Waals surface area contributed by atoms with E-state index in [4.69, 9.17) is 23.9 Å². The van der Waals surface area contributed by atoms with Gasteiger partial charge in [-0.15, -0.1) is 0 Å². The van der Waals surface area contributed by atoms with E-state index in [0.717, 1.165) is 54.9 Å². The average Bonchev–Trinajstić information content (AvgIpc) is 2.14. The molecule has 20 heteroatoms. The number of aliphatic imine (C=N–C) groups is 2. The van der Waals surface area contributed by atoms with Crippen LogP contribution in [0.1, 0.15) is 124 Å². The number of fused-ring (bicyclic) bond motifs is 4. The van der Waals surface area contributed by atoms with Crippen LogP contribution in [-0.4, -0.2) is 159 Å². The van der Waals surface area contributed by atoms with E-state index in [-0.39, 0.29) is 84.4 Å². The predicted molar refractivity (Wildman–Crippen MR) is 339 cm³/mol. The van der Waals surface area contributed by atoms with Gasteiger partial charge in [0.2, 0.25) is 23.6 Å². The monoisotopic (exact) mass is 1200 g/mol. The number of Topliss-reactive ketones (excluding diaryl/α,β-unsaturated/α-hetero) is 1. The number of likely N-dealkylation sites (N-methyl/N-ethyl adjacent to an activating group) is 1. The summed E-state index contributed by atoms with van der Waals surface area (Å²) in [6.07, 6.45) is 12.1. The van der Waals surface area contributed by atoms with E-state index in [1.807, 2.05) is 76.8 Å². The molecule has 88 heavy (non-hydrogen) atoms. The minimum Gasteiger partial charge on any atom is -0.493 e. The molecule has 466 valence electrons. The number of methoxy groups -OCH3 is 2. The number of nitrogens with zero attached hydrogens (tertiary/aromatic N) is 7. The topological polar surface area (TPSA) is 221 Å². The third-order valence-electron chi connectivity index (χ3n) is 16.9. The number of piperazine rings is 1. The molecule has 0 radical (unpaired) electrons. The summed E-state index contributed by atoms with van der Waals surface area (Å²) in [5.41, 5.74) is 8.39. The van der Waals surface area contributed by atoms with Crippen LogP contribution in [-0.2, 0) is 24.0 Å². The highest BCUT2D eigenvalue weighted by atomic mass is 16.5. The number of unbranched alkanes of at least 4 members (excludes halogenated alkanes) is 2. The summed E-state index contributed by atoms with van der Waals surface area (Å²) >= 11 is 0. The van der Waals surface area contributed by atoms with Crippen molar-refractivity contribution in [3.05, 3.63) is 113 Å². The number of rotatable bonds is 23. The summed E-state index contributed by atoms with van der Waals surface area (Å²) in [6.45, 7) is 16.4. The first-order valence-corrected chi connectivity index (χ1v) is 30.7. The summed E-state index contributed by atoms with van der Waals surface area (Å²) < 4.78 is 23.5. The molecule has 20 nitrogen and oxygen atoms in total. The molecule has 4 aromatic rings. The molecular weight excluding hydrogens is 1120 g/mol. The van der Waals surface area contributed by atoms with E-state index in [0.29, 0.717) is 103 Å². The van der Waals surface area contributed by atoms with Gasteiger partial charge in [0.1, 0.15) is 0 Å². The third kappa shape index (κ3) is 15.4. The standard InChI is InChI=1S/C41H44N6O6.C27H39N3O5/c1-26-16-30-22-42-34-20-38(36(50-3)18-32(34)40(48)46(30)24-26)52-14-5-15-53-39-21-35-33(19-37(39)51-4)41(49)47-25-28(17-31(47)23-43-35)27-6-8-29(9-7-27)45-12-10-44(2)11-13-45;1-17(2)25(22(31)15-19(4)26(34)28-21-12-10-18(3)11-13-21)29-23(32)9-7-6-8-14-30-24(33)16-20(5)27(30)35/h6-9,18-25,30-31H,5,10-17H2,1-4H3;10-13,17,19-20,25H,6-9,14-16H2,1-5H3,(H,28,34)(H,29,32)/t30-,31-;19-,20?,25?/m01/s1. The first-order chi connectivity index (χ1) is 42.3. The number of carbonyl (C=O) groups excluding carboxylic acids is 7. The first-order valence-electron chi connectivity index (χ1n) is 30.7. The van der Waals surface area contributed by atoms with E-state index in [1.54, 1.807) is 62.1 Å². The lowest BCUT2D eigenvalue weighted by Gasteiger charge is -2.34. The van der Waals surface area contributed by atoms with Crippen molar-refractivity contribution in [2.24, 2.45) is 27.7 Å². The van der Waals surface area contributed by atoms with Crippen LogP contribution in [0.15, 0.2) is 101 Å². The molecule has 0 aromatic heterocycles. The number of imide groups is 1. The number of likely N-dealkylation sites (tertiary alicyclic amines) is 1. The van der Waals surface area contributed by atoms with E-state index < -0.39 is 12.0 Å². The van der Waals surface area contributed by atoms with E-state index in [2.05, 4.69) is 56.7 Å². The van der Waals surface area contributed by atoms with Crippen molar-refractivity contribution in [1.82, 2.24) is 24.9 Å². The smallest absolute Gasteiger partial charge is 0.260 e. The fourth-order valence-electron chi connectivity index (χ4n) is 11.6. The number of aryl methyl sites for hydroxylation is 1. The summed E-state index contributed by atoms with van der Waals surface area (Å²) in [4.78, 5) is 108. The highest BCUT2D eigenvalue weighted by molar-refractivity contribution is 6.06. The minimum atomic E-state index is -0.654. The number of amides is 6. The van der Waals surface area contributed by atoms with E-state index in [9.17, 15) is 33.6 Å². The van der Waals surface area contributed by atoms with Gasteiger partial charge in [0.25, 0.3) is 11.8 Å². The Morgan fingerprint density at radius 2 is 1.27 bits per heavy atom. The molecule has 2 saturated heterocycles. The van der Waals surface area contributed by atoms with Crippen LogP contribution in [0.25, 0.3) is 5.57 Å². The lowest BCUT2D eigenvalue weighted by molar-refractivity contribution is -0.139. The Morgan fingerprint density at radius 3 is 1.84 bits per heavy atom. The van der Waals surface area contributed by atoms with Crippen molar-refractivity contribution < 1.29 is 52.5 Å². The van der Waals surface area contributed by atoms with Gasteiger partial charge in [-0.3, -0.25) is 48.4 Å². The van der Waals surface area contributed by atoms with Crippen molar-refractivity contribution in [2.75, 3.05) is 77.4 Å². The normalized spacial score (nSPS) is 19.3. The molecule has 0 bridgehead atoms. The van der Waals surface area contributed by atoms with Gasteiger partial charge in [0, 0.05) is 125 Å². The molecule has 2 fully saturated rings. The van der Waals surface area contributed by atoms with Crippen LogP contribution in [0.4, 0.5) is 22.7 Å². The maximum Gasteiger partial charge on any atom is 0.260 e. The van der Waals surface area contributed by atoms with E-state index in [1.165, 1.54) is 10.6 Å². The van der Waals surface area contributed by atoms with Crippen molar-refractivity contribution in [1.29, 1.82) is 0 Å². The molecule has 5 atom stereocenters. The molecule has 6 aliphatic heterocycles. The van der Waals surface area contributed by atoms with Crippen LogP contribution in [0.5, 0.6) is 23.0 Å². The maximum absolute atomic E-state index is 13.9. The van der Waals surface area contributed by atoms with Gasteiger partial charge in [0.05, 0.1) is 68.1 Å². The zero-order chi connectivity index (χ0) is 62.8. The SMILES string of the molecule is COc1cc2c(cc1OCCCOc1cc3c(cc1OC)C(=O)N1C=C(c4ccc(N5CCN(C)CC5)cc4)C[C@H]1C=N3)N=C[C@@H]1CC(C)=CN1C2=O.Cc1ccc(NC(=O)[C@H](C)CC(=O)C(NC(=O)CCCCCN2C(=O)CC(C)C2=O)C(C)C)cc1. The molecule has 0 aliphatic carbocycles. The summed E-state index contributed by atoms with van der Waals surface area (Å²) in [6, 6.07) is 22.1. The Labute approximate surface area is 516 Å². The molecule has 6 heterocycles. The van der Waals surface area contributed by atoms with Gasteiger partial charge in [-0.2, -0.15) is 0 Å². The summed E-state index contributed by atoms with van der Waals surface area (Å²) in [7, 11) is 5.27. The Morgan fingerprint density at radius 1 is 0.682 bits per heavy atom. The van der Waals surface area contributed by atoms with Gasteiger partial charge in [-0.05, 0) is 93.6 Å². The van der Waals surface area contributed by atoms with Crippen molar-refractivity contribution >= 4 is 82.0 Å². The highest BCUT2D eigenvalue weighted by Crippen LogP contribution is 2.42. The molecule has 2 unspecified atom stereocenters. The van der Waals surface area contributed by atoms with Gasteiger partial charge in [-0.1, -0.05) is 69.5 Å². The second kappa shape index (κ2) is 28.9. The Balaban J connectivity index is 0.000000230. The molecule has 6 amide bonds. The average molecular weight is 1200 g/mol. The molecular formula is C68H83N9O11. The van der Waals surface area contributed by atoms with Gasteiger partial charge < -0.3 is 49.2 Å². The Hall–Kier alpha value is -8.65. The lowest BCUT2D eigenvalue weighted by Crippen LogP contribution is -2.45. The highest BCUT2D eigenvalue weighted by Gasteiger charge is 2.37. The van der Waals surface area contributed by atoms with Gasteiger partial charge in [-0.25, -0.2) is 0 Å². The number of benzene rings is 4. The second-order valence-corrected chi connectivity index (χ2v) is 24.1. The zero-order valence-electron chi connectivity index (χ0n) is 52.1. The van der Waals surface area contributed by atoms with Gasteiger partial charge in [0.15, 0.2) is 28.8 Å². The van der Waals surface area contributed by atoms with Crippen LogP contribution >= 0.6 is 0 Å². The fraction of sp³-hybridized carbons (Fsp3) is 0.456. The van der Waals surface area contributed by atoms with Crippen LogP contribution in [0, 0.1) is 24.7 Å². The number of nitrogens with one attached hydrogen (secondary N) is 2. The van der Waals surface area contributed by atoms with Crippen LogP contribution in [0.2, 0.25) is 0 Å². The lowest BCUT2D eigenvalue weighted by atomic mass is 9.92. The molecule has 6 aliphatic rings. The van der Waals surface area contributed by atoms with Crippen LogP contribution in [0.3, 0.4) is 0 Å². The molecule has 4 aromatic carbocycles. The molecule has 0 spiro atoms. The Kier molecular flexibility index (Phi) is 21.0. The number of hydrogen-bond acceptors (Lipinski definition) is 15. The number of ketones is 1. The number of carbonyl (C=O) groups is 7. The van der Waals surface area contributed by atoms with Crippen molar-refractivity contribution in [3.8, 4) is 23.0 Å². The number of hydrogen-bond donors (Lipinski definition) is 2. The predicted octanol–water partition coefficient (Wildman–Crippen LogP) is 9.73. The summed E-state index contributed by atoms with van der Waals surface area (Å²) in [5.74, 6) is -0.0534. The zero-order valence-corrected chi connectivity index (χ0v) is 52.1. The third-order valence-corrected chi connectivity index (χ3v) is 16.9. The fourth-order valence-corrected chi connectivity index (χ4v) is 11.6. The first kappa shape index (κ1) is 63.8. The van der Waals surface area contributed by atoms with Crippen LogP contribution < -0.4 is 34.5 Å².